The molecule has 96 valence electrons. The van der Waals surface area contributed by atoms with Crippen LogP contribution in [0.4, 0.5) is 0 Å². The van der Waals surface area contributed by atoms with Gasteiger partial charge in [-0.15, -0.1) is 11.6 Å². The number of nitrogens with one attached hydrogen (secondary N) is 1. The lowest BCUT2D eigenvalue weighted by atomic mass is 10.2. The fraction of sp³-hybridized carbons (Fsp3) is 0.455. The van der Waals surface area contributed by atoms with Crippen LogP contribution in [0.3, 0.4) is 0 Å². The summed E-state index contributed by atoms with van der Waals surface area (Å²) in [4.78, 5) is 0.194. The summed E-state index contributed by atoms with van der Waals surface area (Å²) in [6.07, 6.45) is 0.887. The second kappa shape index (κ2) is 6.23. The maximum atomic E-state index is 11.6. The quantitative estimate of drug-likeness (QED) is 0.811. The van der Waals surface area contributed by atoms with Gasteiger partial charge in [0.25, 0.3) is 0 Å². The van der Waals surface area contributed by atoms with Gasteiger partial charge in [-0.1, -0.05) is 6.92 Å². The van der Waals surface area contributed by atoms with Crippen molar-refractivity contribution in [1.29, 1.82) is 0 Å². The second-order valence-corrected chi connectivity index (χ2v) is 5.61. The first kappa shape index (κ1) is 14.3. The molecule has 0 aliphatic carbocycles. The second-order valence-electron chi connectivity index (χ2n) is 3.46. The summed E-state index contributed by atoms with van der Waals surface area (Å²) < 4.78 is 30.9. The SMILES string of the molecule is CCCOc1ccc(S(=O)(=O)NC)cc1CCl. The Labute approximate surface area is 107 Å². The summed E-state index contributed by atoms with van der Waals surface area (Å²) in [5, 5.41) is 0. The monoisotopic (exact) mass is 277 g/mol. The number of hydrogen-bond donors (Lipinski definition) is 1. The highest BCUT2D eigenvalue weighted by Crippen LogP contribution is 2.24. The normalized spacial score (nSPS) is 11.5. The van der Waals surface area contributed by atoms with Crippen LogP contribution in [-0.4, -0.2) is 22.1 Å². The Kier molecular flexibility index (Phi) is 5.24. The molecule has 17 heavy (non-hydrogen) atoms. The minimum absolute atomic E-state index is 0.194. The van der Waals surface area contributed by atoms with Crippen LogP contribution in [0.2, 0.25) is 0 Å². The molecule has 1 N–H and O–H groups in total. The van der Waals surface area contributed by atoms with E-state index in [4.69, 9.17) is 16.3 Å². The first-order chi connectivity index (χ1) is 8.05. The highest BCUT2D eigenvalue weighted by Gasteiger charge is 2.14. The van der Waals surface area contributed by atoms with E-state index in [1.54, 1.807) is 6.07 Å². The van der Waals surface area contributed by atoms with Crippen LogP contribution >= 0.6 is 11.6 Å². The average Bonchev–Trinajstić information content (AvgIpc) is 2.35. The Morgan fingerprint density at radius 2 is 2.12 bits per heavy atom. The molecule has 4 nitrogen and oxygen atoms in total. The Balaban J connectivity index is 3.08. The van der Waals surface area contributed by atoms with Gasteiger partial charge in [-0.3, -0.25) is 0 Å². The molecule has 0 atom stereocenters. The topological polar surface area (TPSA) is 55.4 Å². The number of ether oxygens (including phenoxy) is 1. The van der Waals surface area contributed by atoms with Gasteiger partial charge in [0.15, 0.2) is 0 Å². The molecule has 1 aromatic carbocycles. The van der Waals surface area contributed by atoms with E-state index in [1.165, 1.54) is 19.2 Å². The molecule has 0 saturated heterocycles. The lowest BCUT2D eigenvalue weighted by Gasteiger charge is -2.11. The Morgan fingerprint density at radius 3 is 2.65 bits per heavy atom. The molecule has 1 rings (SSSR count). The third-order valence-corrected chi connectivity index (χ3v) is 3.92. The molecule has 0 unspecified atom stereocenters. The molecule has 0 bridgehead atoms. The van der Waals surface area contributed by atoms with E-state index in [0.29, 0.717) is 17.9 Å². The lowest BCUT2D eigenvalue weighted by molar-refractivity contribution is 0.315. The van der Waals surface area contributed by atoms with E-state index < -0.39 is 10.0 Å². The first-order valence-electron chi connectivity index (χ1n) is 5.30. The minimum atomic E-state index is -3.43. The van der Waals surface area contributed by atoms with Crippen molar-refractivity contribution in [2.45, 2.75) is 24.1 Å². The smallest absolute Gasteiger partial charge is 0.240 e. The highest BCUT2D eigenvalue weighted by molar-refractivity contribution is 7.89. The summed E-state index contributed by atoms with van der Waals surface area (Å²) in [6, 6.07) is 4.67. The molecule has 0 spiro atoms. The van der Waals surface area contributed by atoms with Gasteiger partial charge in [-0.2, -0.15) is 0 Å². The van der Waals surface area contributed by atoms with Crippen molar-refractivity contribution >= 4 is 21.6 Å². The molecule has 0 heterocycles. The molecule has 0 aromatic heterocycles. The zero-order valence-corrected chi connectivity index (χ0v) is 11.4. The van der Waals surface area contributed by atoms with Gasteiger partial charge in [-0.25, -0.2) is 13.1 Å². The van der Waals surface area contributed by atoms with Crippen molar-refractivity contribution in [3.63, 3.8) is 0 Å². The maximum absolute atomic E-state index is 11.6. The van der Waals surface area contributed by atoms with Crippen LogP contribution in [0, 0.1) is 0 Å². The van der Waals surface area contributed by atoms with Gasteiger partial charge in [0, 0.05) is 5.56 Å². The van der Waals surface area contributed by atoms with Crippen LogP contribution in [0.1, 0.15) is 18.9 Å². The van der Waals surface area contributed by atoms with Crippen molar-refractivity contribution in [3.05, 3.63) is 23.8 Å². The fourth-order valence-electron chi connectivity index (χ4n) is 1.30. The van der Waals surface area contributed by atoms with Gasteiger partial charge >= 0.3 is 0 Å². The van der Waals surface area contributed by atoms with Crippen molar-refractivity contribution in [2.24, 2.45) is 0 Å². The molecule has 0 aliphatic heterocycles. The molecule has 0 amide bonds. The number of sulfonamides is 1. The number of benzene rings is 1. The number of rotatable bonds is 6. The third-order valence-electron chi connectivity index (χ3n) is 2.22. The molecule has 0 aliphatic rings. The van der Waals surface area contributed by atoms with Crippen LogP contribution in [-0.2, 0) is 15.9 Å². The predicted molar refractivity (Wildman–Crippen MR) is 68.0 cm³/mol. The van der Waals surface area contributed by atoms with Crippen LogP contribution in [0.5, 0.6) is 5.75 Å². The van der Waals surface area contributed by atoms with E-state index in [2.05, 4.69) is 4.72 Å². The average molecular weight is 278 g/mol. The number of hydrogen-bond acceptors (Lipinski definition) is 3. The van der Waals surface area contributed by atoms with E-state index in [1.807, 2.05) is 6.92 Å². The van der Waals surface area contributed by atoms with Gasteiger partial charge in [0.05, 0.1) is 17.4 Å². The molecule has 6 heteroatoms. The Morgan fingerprint density at radius 1 is 1.41 bits per heavy atom. The molecule has 0 fully saturated rings. The summed E-state index contributed by atoms with van der Waals surface area (Å²) in [5.74, 6) is 0.850. The van der Waals surface area contributed by atoms with Gasteiger partial charge < -0.3 is 4.74 Å². The molecular formula is C11H16ClNO3S. The van der Waals surface area contributed by atoms with Gasteiger partial charge in [-0.05, 0) is 31.7 Å². The first-order valence-corrected chi connectivity index (χ1v) is 7.32. The molecule has 1 aromatic rings. The minimum Gasteiger partial charge on any atom is -0.493 e. The van der Waals surface area contributed by atoms with Crippen molar-refractivity contribution in [2.75, 3.05) is 13.7 Å². The molecule has 0 saturated carbocycles. The zero-order chi connectivity index (χ0) is 12.9. The Hall–Kier alpha value is -0.780. The summed E-state index contributed by atoms with van der Waals surface area (Å²) in [5.41, 5.74) is 0.677. The standard InChI is InChI=1S/C11H16ClNO3S/c1-3-6-16-11-5-4-10(7-9(11)8-12)17(14,15)13-2/h4-5,7,13H,3,6,8H2,1-2H3. The van der Waals surface area contributed by atoms with Gasteiger partial charge in [0.2, 0.25) is 10.0 Å². The zero-order valence-electron chi connectivity index (χ0n) is 9.86. The lowest BCUT2D eigenvalue weighted by Crippen LogP contribution is -2.18. The highest BCUT2D eigenvalue weighted by atomic mass is 35.5. The number of halogens is 1. The van der Waals surface area contributed by atoms with Gasteiger partial charge in [0.1, 0.15) is 5.75 Å². The summed E-state index contributed by atoms with van der Waals surface area (Å²) in [6.45, 7) is 2.59. The van der Waals surface area contributed by atoms with E-state index in [-0.39, 0.29) is 10.8 Å². The third kappa shape index (κ3) is 3.59. The van der Waals surface area contributed by atoms with Crippen LogP contribution < -0.4 is 9.46 Å². The van der Waals surface area contributed by atoms with Crippen molar-refractivity contribution in [3.8, 4) is 5.75 Å². The van der Waals surface area contributed by atoms with Crippen molar-refractivity contribution < 1.29 is 13.2 Å². The largest absolute Gasteiger partial charge is 0.493 e. The van der Waals surface area contributed by atoms with E-state index in [9.17, 15) is 8.42 Å². The summed E-state index contributed by atoms with van der Waals surface area (Å²) in [7, 11) is -2.06. The number of alkyl halides is 1. The maximum Gasteiger partial charge on any atom is 0.240 e. The molecular weight excluding hydrogens is 262 g/mol. The predicted octanol–water partition coefficient (Wildman–Crippen LogP) is 2.12. The van der Waals surface area contributed by atoms with E-state index >= 15 is 0 Å². The fourth-order valence-corrected chi connectivity index (χ4v) is 2.29. The van der Waals surface area contributed by atoms with E-state index in [0.717, 1.165) is 6.42 Å². The molecule has 0 radical (unpaired) electrons. The summed E-state index contributed by atoms with van der Waals surface area (Å²) >= 11 is 5.78. The Bertz CT molecular complexity index is 474. The van der Waals surface area contributed by atoms with Crippen LogP contribution in [0.25, 0.3) is 0 Å². The van der Waals surface area contributed by atoms with Crippen LogP contribution in [0.15, 0.2) is 23.1 Å². The van der Waals surface area contributed by atoms with Crippen molar-refractivity contribution in [1.82, 2.24) is 4.72 Å².